The van der Waals surface area contributed by atoms with Gasteiger partial charge in [0.25, 0.3) is 0 Å². The van der Waals surface area contributed by atoms with E-state index in [4.69, 9.17) is 9.84 Å². The quantitative estimate of drug-likeness (QED) is 0.688. The van der Waals surface area contributed by atoms with E-state index >= 15 is 0 Å². The molecule has 2 aromatic rings. The number of aliphatic hydroxyl groups excluding tert-OH is 1. The standard InChI is InChI=1S/C25H34N2O3/c1-20-4-6-22(7-5-20)19-27(23-12-15-26(16-13-23)14-3-17-28)25(29)18-21-8-10-24(30-2)11-9-21/h4-11,23,28H,3,12-19H2,1-2H3. The second-order valence-corrected chi connectivity index (χ2v) is 8.18. The van der Waals surface area contributed by atoms with E-state index in [1.807, 2.05) is 24.3 Å². The number of aliphatic hydroxyl groups is 1. The van der Waals surface area contributed by atoms with Crippen LogP contribution in [0, 0.1) is 6.92 Å². The van der Waals surface area contributed by atoms with E-state index in [0.29, 0.717) is 13.0 Å². The minimum atomic E-state index is 0.176. The fourth-order valence-electron chi connectivity index (χ4n) is 4.08. The molecule has 5 heteroatoms. The van der Waals surface area contributed by atoms with Gasteiger partial charge in [-0.2, -0.15) is 0 Å². The molecule has 1 amide bonds. The maximum absolute atomic E-state index is 13.3. The molecule has 1 N–H and O–H groups in total. The molecule has 30 heavy (non-hydrogen) atoms. The van der Waals surface area contributed by atoms with Crippen molar-refractivity contribution in [1.82, 2.24) is 9.80 Å². The molecule has 0 bridgehead atoms. The normalized spacial score (nSPS) is 15.2. The molecule has 1 fully saturated rings. The second-order valence-electron chi connectivity index (χ2n) is 8.18. The van der Waals surface area contributed by atoms with Crippen LogP contribution in [0.15, 0.2) is 48.5 Å². The van der Waals surface area contributed by atoms with Crippen molar-refractivity contribution in [3.63, 3.8) is 0 Å². The van der Waals surface area contributed by atoms with Crippen molar-refractivity contribution < 1.29 is 14.6 Å². The van der Waals surface area contributed by atoms with E-state index in [-0.39, 0.29) is 18.6 Å². The first-order valence-electron chi connectivity index (χ1n) is 10.9. The number of rotatable bonds is 9. The zero-order valence-corrected chi connectivity index (χ0v) is 18.2. The first kappa shape index (κ1) is 22.3. The van der Waals surface area contributed by atoms with Gasteiger partial charge in [-0.15, -0.1) is 0 Å². The van der Waals surface area contributed by atoms with Crippen molar-refractivity contribution in [2.24, 2.45) is 0 Å². The highest BCUT2D eigenvalue weighted by atomic mass is 16.5. The summed E-state index contributed by atoms with van der Waals surface area (Å²) in [6.45, 7) is 5.85. The van der Waals surface area contributed by atoms with Crippen molar-refractivity contribution >= 4 is 5.91 Å². The van der Waals surface area contributed by atoms with Gasteiger partial charge in [0.15, 0.2) is 0 Å². The van der Waals surface area contributed by atoms with Gasteiger partial charge in [0.1, 0.15) is 5.75 Å². The number of piperidine rings is 1. The van der Waals surface area contributed by atoms with Crippen LogP contribution < -0.4 is 4.74 Å². The molecule has 0 atom stereocenters. The fourth-order valence-corrected chi connectivity index (χ4v) is 4.08. The first-order valence-corrected chi connectivity index (χ1v) is 10.9. The van der Waals surface area contributed by atoms with Gasteiger partial charge in [-0.25, -0.2) is 0 Å². The number of carbonyl (C=O) groups excluding carboxylic acids is 1. The van der Waals surface area contributed by atoms with Gasteiger partial charge in [0, 0.05) is 38.8 Å². The van der Waals surface area contributed by atoms with E-state index in [2.05, 4.69) is 41.0 Å². The van der Waals surface area contributed by atoms with Crippen LogP contribution in [0.25, 0.3) is 0 Å². The molecule has 0 aromatic heterocycles. The van der Waals surface area contributed by atoms with Gasteiger partial charge in [-0.3, -0.25) is 4.79 Å². The molecule has 0 saturated carbocycles. The van der Waals surface area contributed by atoms with E-state index in [1.165, 1.54) is 11.1 Å². The molecule has 2 aromatic carbocycles. The van der Waals surface area contributed by atoms with E-state index in [9.17, 15) is 4.79 Å². The molecule has 0 aliphatic carbocycles. The predicted octanol–water partition coefficient (Wildman–Crippen LogP) is 3.42. The number of nitrogens with zero attached hydrogens (tertiary/aromatic N) is 2. The zero-order chi connectivity index (χ0) is 21.3. The Morgan fingerprint density at radius 1 is 1.07 bits per heavy atom. The molecule has 1 aliphatic heterocycles. The molecular weight excluding hydrogens is 376 g/mol. The number of hydrogen-bond donors (Lipinski definition) is 1. The number of likely N-dealkylation sites (tertiary alicyclic amines) is 1. The molecular formula is C25H34N2O3. The fraction of sp³-hybridized carbons (Fsp3) is 0.480. The number of aryl methyl sites for hydroxylation is 1. The van der Waals surface area contributed by atoms with Crippen LogP contribution in [0.1, 0.15) is 36.0 Å². The Morgan fingerprint density at radius 3 is 2.30 bits per heavy atom. The van der Waals surface area contributed by atoms with E-state index in [1.54, 1.807) is 7.11 Å². The molecule has 3 rings (SSSR count). The van der Waals surface area contributed by atoms with E-state index < -0.39 is 0 Å². The van der Waals surface area contributed by atoms with E-state index in [0.717, 1.165) is 50.2 Å². The van der Waals surface area contributed by atoms with Crippen LogP contribution >= 0.6 is 0 Å². The van der Waals surface area contributed by atoms with Crippen LogP contribution in [-0.2, 0) is 17.8 Å². The molecule has 1 heterocycles. The summed E-state index contributed by atoms with van der Waals surface area (Å²) in [6, 6.07) is 16.5. The lowest BCUT2D eigenvalue weighted by Gasteiger charge is -2.39. The Kier molecular flexibility index (Phi) is 8.29. The molecule has 0 radical (unpaired) electrons. The molecule has 0 unspecified atom stereocenters. The Bertz CT molecular complexity index is 781. The highest BCUT2D eigenvalue weighted by Gasteiger charge is 2.28. The van der Waals surface area contributed by atoms with Crippen molar-refractivity contribution in [1.29, 1.82) is 0 Å². The van der Waals surface area contributed by atoms with Gasteiger partial charge in [0.2, 0.25) is 5.91 Å². The smallest absolute Gasteiger partial charge is 0.227 e. The third kappa shape index (κ3) is 6.31. The van der Waals surface area contributed by atoms with Crippen molar-refractivity contribution in [2.75, 3.05) is 33.4 Å². The summed E-state index contributed by atoms with van der Waals surface area (Å²) < 4.78 is 5.23. The van der Waals surface area contributed by atoms with Gasteiger partial charge >= 0.3 is 0 Å². The third-order valence-electron chi connectivity index (χ3n) is 5.94. The lowest BCUT2D eigenvalue weighted by Crippen LogP contribution is -2.47. The summed E-state index contributed by atoms with van der Waals surface area (Å²) in [5, 5.41) is 9.08. The molecule has 162 valence electrons. The summed E-state index contributed by atoms with van der Waals surface area (Å²) >= 11 is 0. The lowest BCUT2D eigenvalue weighted by atomic mass is 10.00. The number of benzene rings is 2. The predicted molar refractivity (Wildman–Crippen MR) is 120 cm³/mol. The average Bonchev–Trinajstić information content (AvgIpc) is 2.78. The minimum absolute atomic E-state index is 0.176. The van der Waals surface area contributed by atoms with Gasteiger partial charge < -0.3 is 19.6 Å². The molecule has 1 saturated heterocycles. The maximum Gasteiger partial charge on any atom is 0.227 e. The van der Waals surface area contributed by atoms with Crippen LogP contribution in [0.2, 0.25) is 0 Å². The average molecular weight is 411 g/mol. The summed E-state index contributed by atoms with van der Waals surface area (Å²) in [7, 11) is 1.65. The highest BCUT2D eigenvalue weighted by Crippen LogP contribution is 2.21. The van der Waals surface area contributed by atoms with Crippen LogP contribution in [0.5, 0.6) is 5.75 Å². The van der Waals surface area contributed by atoms with Crippen molar-refractivity contribution in [3.8, 4) is 5.75 Å². The second kappa shape index (κ2) is 11.1. The molecule has 1 aliphatic rings. The number of ether oxygens (including phenoxy) is 1. The summed E-state index contributed by atoms with van der Waals surface area (Å²) in [5.41, 5.74) is 3.41. The number of carbonyl (C=O) groups is 1. The first-order chi connectivity index (χ1) is 14.6. The Labute approximate surface area is 180 Å². The summed E-state index contributed by atoms with van der Waals surface area (Å²) in [6.07, 6.45) is 3.17. The number of amides is 1. The third-order valence-corrected chi connectivity index (χ3v) is 5.94. The Morgan fingerprint density at radius 2 is 1.70 bits per heavy atom. The molecule has 0 spiro atoms. The van der Waals surface area contributed by atoms with Crippen LogP contribution in [0.3, 0.4) is 0 Å². The summed E-state index contributed by atoms with van der Waals surface area (Å²) in [4.78, 5) is 17.8. The lowest BCUT2D eigenvalue weighted by molar-refractivity contribution is -0.134. The Balaban J connectivity index is 1.69. The molecule has 5 nitrogen and oxygen atoms in total. The number of hydrogen-bond acceptors (Lipinski definition) is 4. The topological polar surface area (TPSA) is 53.0 Å². The van der Waals surface area contributed by atoms with Gasteiger partial charge in [0.05, 0.1) is 13.5 Å². The SMILES string of the molecule is COc1ccc(CC(=O)N(Cc2ccc(C)cc2)C2CCN(CCCO)CC2)cc1. The van der Waals surface area contributed by atoms with Crippen LogP contribution in [0.4, 0.5) is 0 Å². The monoisotopic (exact) mass is 410 g/mol. The van der Waals surface area contributed by atoms with Gasteiger partial charge in [-0.05, 0) is 49.4 Å². The highest BCUT2D eigenvalue weighted by molar-refractivity contribution is 5.79. The zero-order valence-electron chi connectivity index (χ0n) is 18.2. The van der Waals surface area contributed by atoms with Crippen molar-refractivity contribution in [3.05, 3.63) is 65.2 Å². The minimum Gasteiger partial charge on any atom is -0.497 e. The number of methoxy groups -OCH3 is 1. The maximum atomic E-state index is 13.3. The van der Waals surface area contributed by atoms with Gasteiger partial charge in [-0.1, -0.05) is 42.0 Å². The largest absolute Gasteiger partial charge is 0.497 e. The van der Waals surface area contributed by atoms with Crippen molar-refractivity contribution in [2.45, 2.75) is 45.2 Å². The Hall–Kier alpha value is -2.37. The van der Waals surface area contributed by atoms with Crippen LogP contribution in [-0.4, -0.2) is 60.2 Å². The summed E-state index contributed by atoms with van der Waals surface area (Å²) in [5.74, 6) is 0.979.